The van der Waals surface area contributed by atoms with Gasteiger partial charge in [0.2, 0.25) is 0 Å². The average Bonchev–Trinajstić information content (AvgIpc) is 2.52. The number of nitrogens with two attached hydrogens (primary N) is 1. The first-order valence-corrected chi connectivity index (χ1v) is 7.81. The van der Waals surface area contributed by atoms with E-state index < -0.39 is 0 Å². The van der Waals surface area contributed by atoms with Crippen LogP contribution >= 0.6 is 11.6 Å². The molecule has 0 bridgehead atoms. The smallest absolute Gasteiger partial charge is 0.124 e. The lowest BCUT2D eigenvalue weighted by Gasteiger charge is -2.35. The molecule has 112 valence electrons. The van der Waals surface area contributed by atoms with Gasteiger partial charge in [0, 0.05) is 17.6 Å². The molecule has 2 N–H and O–H groups in total. The highest BCUT2D eigenvalue weighted by Gasteiger charge is 2.30. The van der Waals surface area contributed by atoms with Gasteiger partial charge in [0.15, 0.2) is 0 Å². The first-order chi connectivity index (χ1) is 9.49. The monoisotopic (exact) mass is 298 g/mol. The Morgan fingerprint density at radius 2 is 2.15 bits per heavy atom. The predicted octanol–water partition coefficient (Wildman–Crippen LogP) is 3.99. The molecule has 0 spiro atoms. The van der Waals surface area contributed by atoms with Gasteiger partial charge in [-0.05, 0) is 43.0 Å². The van der Waals surface area contributed by atoms with Gasteiger partial charge in [-0.1, -0.05) is 37.9 Å². The van der Waals surface area contributed by atoms with Crippen LogP contribution < -0.4 is 5.73 Å². The number of hydrogen-bond donors (Lipinski definition) is 1. The van der Waals surface area contributed by atoms with Gasteiger partial charge in [0.1, 0.15) is 5.82 Å². The van der Waals surface area contributed by atoms with E-state index >= 15 is 0 Å². The standard InChI is InChI=1S/C16H24ClFN2/c1-11(2)10-20-8-4-3-5-15(19)16(20)13-7-6-12(18)9-14(13)17/h6-7,9,11,15-16H,3-5,8,10,19H2,1-2H3. The minimum absolute atomic E-state index is 0.0548. The summed E-state index contributed by atoms with van der Waals surface area (Å²) in [4.78, 5) is 2.42. The molecular formula is C16H24ClFN2. The highest BCUT2D eigenvalue weighted by atomic mass is 35.5. The minimum Gasteiger partial charge on any atom is -0.326 e. The van der Waals surface area contributed by atoms with Crippen molar-refractivity contribution in [3.05, 3.63) is 34.6 Å². The van der Waals surface area contributed by atoms with Crippen LogP contribution in [0, 0.1) is 11.7 Å². The van der Waals surface area contributed by atoms with E-state index in [0.29, 0.717) is 10.9 Å². The normalized spacial score (nSPS) is 24.9. The van der Waals surface area contributed by atoms with Crippen LogP contribution in [0.2, 0.25) is 5.02 Å². The molecule has 0 radical (unpaired) electrons. The zero-order chi connectivity index (χ0) is 14.7. The van der Waals surface area contributed by atoms with Crippen LogP contribution in [0.15, 0.2) is 18.2 Å². The summed E-state index contributed by atoms with van der Waals surface area (Å²) in [5, 5.41) is 0.487. The third-order valence-electron chi connectivity index (χ3n) is 3.91. The van der Waals surface area contributed by atoms with E-state index in [1.165, 1.54) is 12.1 Å². The van der Waals surface area contributed by atoms with Gasteiger partial charge in [0.25, 0.3) is 0 Å². The average molecular weight is 299 g/mol. The number of likely N-dealkylation sites (tertiary alicyclic amines) is 1. The fourth-order valence-electron chi connectivity index (χ4n) is 3.11. The molecule has 1 fully saturated rings. The molecule has 2 nitrogen and oxygen atoms in total. The van der Waals surface area contributed by atoms with Crippen molar-refractivity contribution in [2.45, 2.75) is 45.2 Å². The number of hydrogen-bond acceptors (Lipinski definition) is 2. The van der Waals surface area contributed by atoms with Crippen molar-refractivity contribution in [3.63, 3.8) is 0 Å². The molecule has 1 aromatic carbocycles. The molecule has 0 aromatic heterocycles. The lowest BCUT2D eigenvalue weighted by molar-refractivity contribution is 0.165. The van der Waals surface area contributed by atoms with Crippen LogP contribution in [-0.4, -0.2) is 24.0 Å². The van der Waals surface area contributed by atoms with E-state index in [9.17, 15) is 4.39 Å². The topological polar surface area (TPSA) is 29.3 Å². The molecule has 1 aliphatic rings. The van der Waals surface area contributed by atoms with Gasteiger partial charge in [-0.3, -0.25) is 4.90 Å². The molecule has 1 saturated heterocycles. The second-order valence-corrected chi connectivity index (χ2v) is 6.57. The predicted molar refractivity (Wildman–Crippen MR) is 82.4 cm³/mol. The molecule has 0 amide bonds. The Morgan fingerprint density at radius 3 is 2.80 bits per heavy atom. The van der Waals surface area contributed by atoms with Crippen molar-refractivity contribution in [2.24, 2.45) is 11.7 Å². The molecule has 2 rings (SSSR count). The summed E-state index contributed by atoms with van der Waals surface area (Å²) in [5.41, 5.74) is 7.35. The third-order valence-corrected chi connectivity index (χ3v) is 4.24. The molecule has 4 heteroatoms. The maximum atomic E-state index is 13.3. The Hall–Kier alpha value is -0.640. The van der Waals surface area contributed by atoms with Crippen LogP contribution in [0.4, 0.5) is 4.39 Å². The molecule has 0 saturated carbocycles. The van der Waals surface area contributed by atoms with Crippen LogP contribution in [0.3, 0.4) is 0 Å². The van der Waals surface area contributed by atoms with Gasteiger partial charge in [-0.25, -0.2) is 4.39 Å². The van der Waals surface area contributed by atoms with Crippen molar-refractivity contribution < 1.29 is 4.39 Å². The zero-order valence-electron chi connectivity index (χ0n) is 12.3. The third kappa shape index (κ3) is 3.72. The fourth-order valence-corrected chi connectivity index (χ4v) is 3.38. The second kappa shape index (κ2) is 6.88. The summed E-state index contributed by atoms with van der Waals surface area (Å²) in [6, 6.07) is 4.81. The summed E-state index contributed by atoms with van der Waals surface area (Å²) in [6.07, 6.45) is 3.30. The molecule has 1 heterocycles. The van der Waals surface area contributed by atoms with Gasteiger partial charge in [-0.2, -0.15) is 0 Å². The van der Waals surface area contributed by atoms with E-state index in [0.717, 1.165) is 37.9 Å². The molecule has 2 unspecified atom stereocenters. The highest BCUT2D eigenvalue weighted by molar-refractivity contribution is 6.31. The van der Waals surface area contributed by atoms with Crippen LogP contribution in [0.5, 0.6) is 0 Å². The Morgan fingerprint density at radius 1 is 1.40 bits per heavy atom. The molecule has 1 aliphatic heterocycles. The Bertz CT molecular complexity index is 450. The minimum atomic E-state index is -0.295. The van der Waals surface area contributed by atoms with Gasteiger partial charge in [-0.15, -0.1) is 0 Å². The fraction of sp³-hybridized carbons (Fsp3) is 0.625. The molecule has 1 aromatic rings. The van der Waals surface area contributed by atoms with Crippen molar-refractivity contribution >= 4 is 11.6 Å². The van der Waals surface area contributed by atoms with Crippen LogP contribution in [0.25, 0.3) is 0 Å². The van der Waals surface area contributed by atoms with E-state index in [1.54, 1.807) is 6.07 Å². The van der Waals surface area contributed by atoms with Crippen molar-refractivity contribution in [1.82, 2.24) is 4.90 Å². The summed E-state index contributed by atoms with van der Waals surface area (Å²) >= 11 is 6.26. The van der Waals surface area contributed by atoms with E-state index in [4.69, 9.17) is 17.3 Å². The number of benzene rings is 1. The van der Waals surface area contributed by atoms with Crippen molar-refractivity contribution in [1.29, 1.82) is 0 Å². The van der Waals surface area contributed by atoms with Crippen molar-refractivity contribution in [3.8, 4) is 0 Å². The molecular weight excluding hydrogens is 275 g/mol. The number of nitrogens with zero attached hydrogens (tertiary/aromatic N) is 1. The first kappa shape index (κ1) is 15.7. The first-order valence-electron chi connectivity index (χ1n) is 7.43. The van der Waals surface area contributed by atoms with Crippen LogP contribution in [-0.2, 0) is 0 Å². The number of halogens is 2. The maximum Gasteiger partial charge on any atom is 0.124 e. The molecule has 2 atom stereocenters. The molecule has 20 heavy (non-hydrogen) atoms. The van der Waals surface area contributed by atoms with Gasteiger partial charge >= 0.3 is 0 Å². The Balaban J connectivity index is 2.34. The summed E-state index contributed by atoms with van der Waals surface area (Å²) < 4.78 is 13.3. The highest BCUT2D eigenvalue weighted by Crippen LogP contribution is 2.34. The maximum absolute atomic E-state index is 13.3. The Labute approximate surface area is 126 Å². The van der Waals surface area contributed by atoms with Crippen LogP contribution in [0.1, 0.15) is 44.7 Å². The van der Waals surface area contributed by atoms with Gasteiger partial charge in [0.05, 0.1) is 6.04 Å². The lowest BCUT2D eigenvalue weighted by atomic mass is 9.95. The van der Waals surface area contributed by atoms with E-state index in [2.05, 4.69) is 18.7 Å². The largest absolute Gasteiger partial charge is 0.326 e. The van der Waals surface area contributed by atoms with E-state index in [1.807, 2.05) is 0 Å². The lowest BCUT2D eigenvalue weighted by Crippen LogP contribution is -2.41. The number of rotatable bonds is 3. The summed E-state index contributed by atoms with van der Waals surface area (Å²) in [6.45, 7) is 6.44. The quantitative estimate of drug-likeness (QED) is 0.914. The zero-order valence-corrected chi connectivity index (χ0v) is 13.0. The SMILES string of the molecule is CC(C)CN1CCCCC(N)C1c1ccc(F)cc1Cl. The van der Waals surface area contributed by atoms with E-state index in [-0.39, 0.29) is 17.9 Å². The van der Waals surface area contributed by atoms with Crippen molar-refractivity contribution in [2.75, 3.05) is 13.1 Å². The Kier molecular flexibility index (Phi) is 5.42. The summed E-state index contributed by atoms with van der Waals surface area (Å²) in [5.74, 6) is 0.276. The molecule has 0 aliphatic carbocycles. The summed E-state index contributed by atoms with van der Waals surface area (Å²) in [7, 11) is 0. The second-order valence-electron chi connectivity index (χ2n) is 6.16. The van der Waals surface area contributed by atoms with Gasteiger partial charge < -0.3 is 5.73 Å².